The van der Waals surface area contributed by atoms with E-state index in [4.69, 9.17) is 4.74 Å². The van der Waals surface area contributed by atoms with Gasteiger partial charge in [-0.25, -0.2) is 9.97 Å². The molecule has 148 valence electrons. The van der Waals surface area contributed by atoms with Crippen LogP contribution in [0.25, 0.3) is 5.65 Å². The maximum Gasteiger partial charge on any atom is 0.263 e. The molecule has 1 amide bonds. The number of pyridine rings is 1. The van der Waals surface area contributed by atoms with E-state index in [2.05, 4.69) is 25.1 Å². The Morgan fingerprint density at radius 3 is 2.93 bits per heavy atom. The zero-order chi connectivity index (χ0) is 19.3. The number of amides is 1. The van der Waals surface area contributed by atoms with Crippen LogP contribution < -0.4 is 10.2 Å². The second kappa shape index (κ2) is 8.68. The number of carbonyl (C=O) groups excluding carboxylic acids is 1. The zero-order valence-corrected chi connectivity index (χ0v) is 16.7. The van der Waals surface area contributed by atoms with Gasteiger partial charge in [-0.2, -0.15) is 0 Å². The van der Waals surface area contributed by atoms with E-state index in [0.29, 0.717) is 11.4 Å². The molecule has 0 saturated carbocycles. The Balaban J connectivity index is 1.30. The van der Waals surface area contributed by atoms with Gasteiger partial charge in [-0.15, -0.1) is 0 Å². The molecule has 3 aromatic rings. The lowest BCUT2D eigenvalue weighted by Gasteiger charge is -2.34. The van der Waals surface area contributed by atoms with Crippen molar-refractivity contribution in [3.8, 4) is 0 Å². The predicted molar refractivity (Wildman–Crippen MR) is 109 cm³/mol. The average Bonchev–Trinajstić information content (AvgIpc) is 3.40. The molecule has 8 nitrogen and oxygen atoms in total. The summed E-state index contributed by atoms with van der Waals surface area (Å²) in [5.41, 5.74) is 1.89. The molecule has 9 heteroatoms. The Labute approximate surface area is 167 Å². The van der Waals surface area contributed by atoms with Gasteiger partial charge in [0.2, 0.25) is 0 Å². The van der Waals surface area contributed by atoms with Crippen LogP contribution in [-0.2, 0) is 11.3 Å². The molecule has 1 N–H and O–H groups in total. The SMILES string of the molecule is COCCN1CCN(c2ncc(C(=O)NCc3ccn4ccnc4c3)s2)CC1. The second-order valence-corrected chi connectivity index (χ2v) is 7.75. The molecule has 1 fully saturated rings. The molecule has 1 aliphatic rings. The largest absolute Gasteiger partial charge is 0.383 e. The van der Waals surface area contributed by atoms with Gasteiger partial charge in [0.1, 0.15) is 10.5 Å². The summed E-state index contributed by atoms with van der Waals surface area (Å²) in [5, 5.41) is 3.88. The smallest absolute Gasteiger partial charge is 0.263 e. The monoisotopic (exact) mass is 400 g/mol. The normalized spacial score (nSPS) is 15.2. The standard InChI is InChI=1S/C19H24N6O2S/c1-27-11-10-23-6-8-25(9-7-23)19-22-14-16(28-19)18(26)21-13-15-2-4-24-5-3-20-17(24)12-15/h2-5,12,14H,6-11,13H2,1H3,(H,21,26). The van der Waals surface area contributed by atoms with Gasteiger partial charge in [0.15, 0.2) is 5.13 Å². The molecule has 1 saturated heterocycles. The molecule has 0 spiro atoms. The summed E-state index contributed by atoms with van der Waals surface area (Å²) in [4.78, 5) is 26.5. The molecular weight excluding hydrogens is 376 g/mol. The molecule has 3 aromatic heterocycles. The molecule has 0 unspecified atom stereocenters. The van der Waals surface area contributed by atoms with Crippen molar-refractivity contribution in [2.24, 2.45) is 0 Å². The second-order valence-electron chi connectivity index (χ2n) is 6.74. The first-order chi connectivity index (χ1) is 13.7. The highest BCUT2D eigenvalue weighted by molar-refractivity contribution is 7.17. The molecule has 4 heterocycles. The minimum absolute atomic E-state index is 0.0919. The molecule has 0 atom stereocenters. The molecule has 0 aromatic carbocycles. The molecular formula is C19H24N6O2S. The zero-order valence-electron chi connectivity index (χ0n) is 15.9. The van der Waals surface area contributed by atoms with Crippen LogP contribution in [0, 0.1) is 0 Å². The Kier molecular flexibility index (Phi) is 5.84. The van der Waals surface area contributed by atoms with E-state index < -0.39 is 0 Å². The summed E-state index contributed by atoms with van der Waals surface area (Å²) < 4.78 is 7.08. The van der Waals surface area contributed by atoms with Crippen LogP contribution >= 0.6 is 11.3 Å². The first kappa shape index (κ1) is 18.9. The van der Waals surface area contributed by atoms with Crippen molar-refractivity contribution in [2.75, 3.05) is 51.3 Å². The van der Waals surface area contributed by atoms with Gasteiger partial charge in [0.25, 0.3) is 5.91 Å². The Morgan fingerprint density at radius 1 is 1.25 bits per heavy atom. The first-order valence-electron chi connectivity index (χ1n) is 9.35. The van der Waals surface area contributed by atoms with Gasteiger partial charge in [0, 0.05) is 65.0 Å². The number of imidazole rings is 1. The minimum Gasteiger partial charge on any atom is -0.383 e. The van der Waals surface area contributed by atoms with Crippen molar-refractivity contribution in [2.45, 2.75) is 6.54 Å². The lowest BCUT2D eigenvalue weighted by molar-refractivity contribution is 0.0954. The van der Waals surface area contributed by atoms with Gasteiger partial charge < -0.3 is 19.4 Å². The van der Waals surface area contributed by atoms with Crippen molar-refractivity contribution in [1.82, 2.24) is 24.6 Å². The predicted octanol–water partition coefficient (Wildman–Crippen LogP) is 1.49. The summed E-state index contributed by atoms with van der Waals surface area (Å²) in [7, 11) is 1.73. The number of nitrogens with zero attached hydrogens (tertiary/aromatic N) is 5. The minimum atomic E-state index is -0.0919. The molecule has 0 radical (unpaired) electrons. The number of anilines is 1. The quantitative estimate of drug-likeness (QED) is 0.648. The van der Waals surface area contributed by atoms with Gasteiger partial charge in [-0.1, -0.05) is 11.3 Å². The van der Waals surface area contributed by atoms with Crippen molar-refractivity contribution < 1.29 is 9.53 Å². The third-order valence-electron chi connectivity index (χ3n) is 4.89. The maximum atomic E-state index is 12.5. The van der Waals surface area contributed by atoms with E-state index in [0.717, 1.165) is 55.7 Å². The Hall–Kier alpha value is -2.49. The topological polar surface area (TPSA) is 75.0 Å². The number of methoxy groups -OCH3 is 1. The number of thiazole rings is 1. The fraction of sp³-hybridized carbons (Fsp3) is 0.421. The summed E-state index contributed by atoms with van der Waals surface area (Å²) in [6, 6.07) is 3.96. The van der Waals surface area contributed by atoms with Crippen LogP contribution in [0.4, 0.5) is 5.13 Å². The van der Waals surface area contributed by atoms with Crippen LogP contribution in [0.15, 0.2) is 36.9 Å². The van der Waals surface area contributed by atoms with E-state index in [1.807, 2.05) is 28.9 Å². The van der Waals surface area contributed by atoms with Crippen molar-refractivity contribution in [3.05, 3.63) is 47.4 Å². The molecule has 28 heavy (non-hydrogen) atoms. The van der Waals surface area contributed by atoms with E-state index in [1.165, 1.54) is 11.3 Å². The third kappa shape index (κ3) is 4.32. The van der Waals surface area contributed by atoms with Crippen molar-refractivity contribution in [1.29, 1.82) is 0 Å². The molecule has 1 aliphatic heterocycles. The summed E-state index contributed by atoms with van der Waals surface area (Å²) in [5.74, 6) is -0.0919. The fourth-order valence-electron chi connectivity index (χ4n) is 3.23. The fourth-order valence-corrected chi connectivity index (χ4v) is 4.12. The number of hydrogen-bond donors (Lipinski definition) is 1. The van der Waals surface area contributed by atoms with Gasteiger partial charge >= 0.3 is 0 Å². The number of nitrogens with one attached hydrogen (secondary N) is 1. The van der Waals surface area contributed by atoms with Crippen LogP contribution in [0.2, 0.25) is 0 Å². The average molecular weight is 401 g/mol. The molecule has 4 rings (SSSR count). The van der Waals surface area contributed by atoms with Crippen LogP contribution in [0.3, 0.4) is 0 Å². The number of ether oxygens (including phenoxy) is 1. The highest BCUT2D eigenvalue weighted by atomic mass is 32.1. The van der Waals surface area contributed by atoms with E-state index in [1.54, 1.807) is 19.5 Å². The van der Waals surface area contributed by atoms with Crippen LogP contribution in [0.5, 0.6) is 0 Å². The highest BCUT2D eigenvalue weighted by Gasteiger charge is 2.20. The first-order valence-corrected chi connectivity index (χ1v) is 10.2. The van der Waals surface area contributed by atoms with Gasteiger partial charge in [0.05, 0.1) is 12.8 Å². The molecule has 0 bridgehead atoms. The van der Waals surface area contributed by atoms with Crippen LogP contribution in [0.1, 0.15) is 15.2 Å². The van der Waals surface area contributed by atoms with Gasteiger partial charge in [-0.05, 0) is 17.7 Å². The number of carbonyl (C=O) groups is 1. The van der Waals surface area contributed by atoms with Crippen molar-refractivity contribution in [3.63, 3.8) is 0 Å². The number of fused-ring (bicyclic) bond motifs is 1. The highest BCUT2D eigenvalue weighted by Crippen LogP contribution is 2.23. The molecule has 0 aliphatic carbocycles. The number of aromatic nitrogens is 3. The van der Waals surface area contributed by atoms with Crippen molar-refractivity contribution >= 4 is 28.0 Å². The Bertz CT molecular complexity index is 931. The third-order valence-corrected chi connectivity index (χ3v) is 5.94. The lowest BCUT2D eigenvalue weighted by Crippen LogP contribution is -2.47. The number of piperazine rings is 1. The number of rotatable bonds is 7. The van der Waals surface area contributed by atoms with E-state index in [-0.39, 0.29) is 5.91 Å². The summed E-state index contributed by atoms with van der Waals surface area (Å²) in [6.07, 6.45) is 7.27. The Morgan fingerprint density at radius 2 is 2.11 bits per heavy atom. The summed E-state index contributed by atoms with van der Waals surface area (Å²) in [6.45, 7) is 6.00. The lowest BCUT2D eigenvalue weighted by atomic mass is 10.2. The van der Waals surface area contributed by atoms with Gasteiger partial charge in [-0.3, -0.25) is 9.69 Å². The number of hydrogen-bond acceptors (Lipinski definition) is 7. The summed E-state index contributed by atoms with van der Waals surface area (Å²) >= 11 is 1.45. The maximum absolute atomic E-state index is 12.5. The van der Waals surface area contributed by atoms with Crippen LogP contribution in [-0.4, -0.2) is 71.6 Å². The van der Waals surface area contributed by atoms with E-state index in [9.17, 15) is 4.79 Å². The van der Waals surface area contributed by atoms with E-state index >= 15 is 0 Å².